The van der Waals surface area contributed by atoms with Crippen molar-refractivity contribution >= 4 is 17.4 Å². The standard InChI is InChI=1S/C10H11ClF2N2/c11-7-1-6(2-7)4-14-10-9(13)3-8(12)5-15-10/h3,5-7H,1-2,4H2,(H,14,15). The number of aromatic nitrogens is 1. The zero-order valence-corrected chi connectivity index (χ0v) is 8.77. The highest BCUT2D eigenvalue weighted by Crippen LogP contribution is 2.31. The van der Waals surface area contributed by atoms with E-state index in [0.717, 1.165) is 25.1 Å². The van der Waals surface area contributed by atoms with Crippen LogP contribution < -0.4 is 5.32 Å². The van der Waals surface area contributed by atoms with Gasteiger partial charge < -0.3 is 5.32 Å². The average molecular weight is 233 g/mol. The molecule has 0 aliphatic heterocycles. The highest BCUT2D eigenvalue weighted by molar-refractivity contribution is 6.21. The van der Waals surface area contributed by atoms with E-state index in [4.69, 9.17) is 11.6 Å². The quantitative estimate of drug-likeness (QED) is 0.811. The topological polar surface area (TPSA) is 24.9 Å². The van der Waals surface area contributed by atoms with Crippen molar-refractivity contribution in [2.45, 2.75) is 18.2 Å². The van der Waals surface area contributed by atoms with Crippen LogP contribution in [0.1, 0.15) is 12.8 Å². The molecule has 1 heterocycles. The van der Waals surface area contributed by atoms with E-state index in [9.17, 15) is 8.78 Å². The Bertz CT molecular complexity index is 353. The normalized spacial score (nSPS) is 24.7. The van der Waals surface area contributed by atoms with E-state index in [2.05, 4.69) is 10.3 Å². The SMILES string of the molecule is Fc1cnc(NCC2CC(Cl)C2)c(F)c1. The first-order valence-electron chi connectivity index (χ1n) is 4.84. The number of nitrogens with one attached hydrogen (secondary N) is 1. The molecule has 1 aromatic heterocycles. The molecule has 2 nitrogen and oxygen atoms in total. The summed E-state index contributed by atoms with van der Waals surface area (Å²) in [5, 5.41) is 3.10. The molecule has 5 heteroatoms. The largest absolute Gasteiger partial charge is 0.367 e. The van der Waals surface area contributed by atoms with Crippen LogP contribution >= 0.6 is 11.6 Å². The van der Waals surface area contributed by atoms with Crippen molar-refractivity contribution in [1.82, 2.24) is 4.98 Å². The Balaban J connectivity index is 1.88. The second-order valence-corrected chi connectivity index (χ2v) is 4.42. The van der Waals surface area contributed by atoms with Crippen LogP contribution in [0.4, 0.5) is 14.6 Å². The van der Waals surface area contributed by atoms with Crippen LogP contribution in [-0.2, 0) is 0 Å². The van der Waals surface area contributed by atoms with E-state index in [1.54, 1.807) is 0 Å². The van der Waals surface area contributed by atoms with Gasteiger partial charge >= 0.3 is 0 Å². The third-order valence-corrected chi connectivity index (χ3v) is 2.90. The minimum absolute atomic E-state index is 0.106. The molecule has 1 aliphatic rings. The Morgan fingerprint density at radius 3 is 2.80 bits per heavy atom. The molecular weight excluding hydrogens is 222 g/mol. The summed E-state index contributed by atoms with van der Waals surface area (Å²) in [6.45, 7) is 0.638. The van der Waals surface area contributed by atoms with Crippen molar-refractivity contribution in [3.63, 3.8) is 0 Å². The van der Waals surface area contributed by atoms with Crippen LogP contribution in [0.3, 0.4) is 0 Å². The van der Waals surface area contributed by atoms with Gasteiger partial charge in [0.25, 0.3) is 0 Å². The lowest BCUT2D eigenvalue weighted by molar-refractivity contribution is 0.340. The van der Waals surface area contributed by atoms with Gasteiger partial charge in [0.15, 0.2) is 11.6 Å². The molecule has 1 N–H and O–H groups in total. The Morgan fingerprint density at radius 1 is 1.47 bits per heavy atom. The molecule has 1 aromatic rings. The maximum Gasteiger partial charge on any atom is 0.168 e. The van der Waals surface area contributed by atoms with Gasteiger partial charge in [-0.15, -0.1) is 11.6 Å². The summed E-state index contributed by atoms with van der Waals surface area (Å²) in [7, 11) is 0. The molecular formula is C10H11ClF2N2. The third-order valence-electron chi connectivity index (χ3n) is 2.54. The lowest BCUT2D eigenvalue weighted by atomic mass is 9.85. The molecule has 0 saturated heterocycles. The molecule has 15 heavy (non-hydrogen) atoms. The number of pyridine rings is 1. The zero-order chi connectivity index (χ0) is 10.8. The Hall–Kier alpha value is -0.900. The minimum atomic E-state index is -0.664. The monoisotopic (exact) mass is 232 g/mol. The van der Waals surface area contributed by atoms with Crippen molar-refractivity contribution < 1.29 is 8.78 Å². The summed E-state index contributed by atoms with van der Waals surface area (Å²) < 4.78 is 25.6. The van der Waals surface area contributed by atoms with E-state index in [1.165, 1.54) is 0 Å². The maximum atomic E-state index is 13.1. The Morgan fingerprint density at radius 2 is 2.20 bits per heavy atom. The van der Waals surface area contributed by atoms with Crippen LogP contribution in [0.2, 0.25) is 0 Å². The number of anilines is 1. The smallest absolute Gasteiger partial charge is 0.168 e. The average Bonchev–Trinajstić information content (AvgIpc) is 2.13. The fourth-order valence-electron chi connectivity index (χ4n) is 1.61. The van der Waals surface area contributed by atoms with Gasteiger partial charge in [0.2, 0.25) is 0 Å². The van der Waals surface area contributed by atoms with Crippen molar-refractivity contribution in [3.8, 4) is 0 Å². The van der Waals surface area contributed by atoms with E-state index in [0.29, 0.717) is 12.5 Å². The summed E-state index contributed by atoms with van der Waals surface area (Å²) in [5.74, 6) is -0.743. The maximum absolute atomic E-state index is 13.1. The number of halogens is 3. The van der Waals surface area contributed by atoms with Crippen molar-refractivity contribution in [2.24, 2.45) is 5.92 Å². The second-order valence-electron chi connectivity index (χ2n) is 3.80. The number of hydrogen-bond donors (Lipinski definition) is 1. The van der Waals surface area contributed by atoms with Gasteiger partial charge in [-0.25, -0.2) is 13.8 Å². The second kappa shape index (κ2) is 4.31. The lowest BCUT2D eigenvalue weighted by Crippen LogP contribution is -2.30. The van der Waals surface area contributed by atoms with Gasteiger partial charge in [-0.2, -0.15) is 0 Å². The van der Waals surface area contributed by atoms with Crippen molar-refractivity contribution in [3.05, 3.63) is 23.9 Å². The first kappa shape index (κ1) is 10.6. The van der Waals surface area contributed by atoms with Gasteiger partial charge in [-0.1, -0.05) is 0 Å². The van der Waals surface area contributed by atoms with Gasteiger partial charge in [0.05, 0.1) is 6.20 Å². The van der Waals surface area contributed by atoms with Gasteiger partial charge in [0, 0.05) is 18.0 Å². The van der Waals surface area contributed by atoms with Crippen LogP contribution in [0, 0.1) is 17.6 Å². The molecule has 0 unspecified atom stereocenters. The highest BCUT2D eigenvalue weighted by atomic mass is 35.5. The summed E-state index contributed by atoms with van der Waals surface area (Å²) in [6, 6.07) is 0.820. The summed E-state index contributed by atoms with van der Waals surface area (Å²) in [5.41, 5.74) is 0. The Labute approximate surface area is 91.7 Å². The third kappa shape index (κ3) is 2.56. The number of alkyl halides is 1. The molecule has 0 radical (unpaired) electrons. The van der Waals surface area contributed by atoms with Crippen molar-refractivity contribution in [1.29, 1.82) is 0 Å². The molecule has 82 valence electrons. The molecule has 2 rings (SSSR count). The van der Waals surface area contributed by atoms with E-state index in [1.807, 2.05) is 0 Å². The molecule has 0 spiro atoms. The number of nitrogens with zero attached hydrogens (tertiary/aromatic N) is 1. The minimum Gasteiger partial charge on any atom is -0.367 e. The van der Waals surface area contributed by atoms with Crippen LogP contribution in [0.15, 0.2) is 12.3 Å². The molecule has 1 fully saturated rings. The van der Waals surface area contributed by atoms with E-state index < -0.39 is 11.6 Å². The summed E-state index contributed by atoms with van der Waals surface area (Å²) in [6.07, 6.45) is 2.88. The summed E-state index contributed by atoms with van der Waals surface area (Å²) in [4.78, 5) is 3.63. The number of hydrogen-bond acceptors (Lipinski definition) is 2. The molecule has 0 atom stereocenters. The fourth-order valence-corrected chi connectivity index (χ4v) is 2.11. The number of rotatable bonds is 3. The van der Waals surface area contributed by atoms with Crippen molar-refractivity contribution in [2.75, 3.05) is 11.9 Å². The molecule has 0 aromatic carbocycles. The molecule has 0 amide bonds. The highest BCUT2D eigenvalue weighted by Gasteiger charge is 2.26. The predicted octanol–water partition coefficient (Wildman–Crippen LogP) is 2.79. The lowest BCUT2D eigenvalue weighted by Gasteiger charge is -2.30. The zero-order valence-electron chi connectivity index (χ0n) is 8.01. The van der Waals surface area contributed by atoms with Crippen LogP contribution in [0.5, 0.6) is 0 Å². The molecule has 0 bridgehead atoms. The van der Waals surface area contributed by atoms with E-state index in [-0.39, 0.29) is 11.2 Å². The van der Waals surface area contributed by atoms with Gasteiger partial charge in [0.1, 0.15) is 5.82 Å². The first-order valence-corrected chi connectivity index (χ1v) is 5.28. The van der Waals surface area contributed by atoms with Crippen LogP contribution in [-0.4, -0.2) is 16.9 Å². The Kier molecular flexibility index (Phi) is 3.05. The fraction of sp³-hybridized carbons (Fsp3) is 0.500. The summed E-state index contributed by atoms with van der Waals surface area (Å²) >= 11 is 5.81. The van der Waals surface area contributed by atoms with E-state index >= 15 is 0 Å². The molecule has 1 aliphatic carbocycles. The van der Waals surface area contributed by atoms with Crippen LogP contribution in [0.25, 0.3) is 0 Å². The molecule has 1 saturated carbocycles. The van der Waals surface area contributed by atoms with Gasteiger partial charge in [-0.05, 0) is 18.8 Å². The van der Waals surface area contributed by atoms with Gasteiger partial charge in [-0.3, -0.25) is 0 Å². The first-order chi connectivity index (χ1) is 7.15. The predicted molar refractivity (Wildman–Crippen MR) is 55.0 cm³/mol.